The highest BCUT2D eigenvalue weighted by molar-refractivity contribution is 5.94. The van der Waals surface area contributed by atoms with Crippen LogP contribution < -0.4 is 15.8 Å². The molecule has 2 N–H and O–H groups in total. The Morgan fingerprint density at radius 2 is 1.76 bits per heavy atom. The van der Waals surface area contributed by atoms with Gasteiger partial charge < -0.3 is 15.3 Å². The molecule has 1 atom stereocenters. The van der Waals surface area contributed by atoms with Crippen molar-refractivity contribution < 1.29 is 27.5 Å². The Kier molecular flexibility index (Phi) is 5.85. The summed E-state index contributed by atoms with van der Waals surface area (Å²) in [5.74, 6) is -1.87. The molecule has 0 aliphatic carbocycles. The summed E-state index contributed by atoms with van der Waals surface area (Å²) in [6.45, 7) is 2.48. The number of benzene rings is 2. The van der Waals surface area contributed by atoms with Gasteiger partial charge in [0.15, 0.2) is 0 Å². The standard InChI is InChI=1S/C26H20F4N4O3/c1-14(31-21-7-6-18(27)9-20(21)25(36)37)19-8-17(26(28,29)30)13-34-23(35)10-22(32-24(19)34)33-11-15-4-2-3-5-16(15)12-33/h2-10,13-14,31H,11-12H2,1H3,(H,36,37)/t14-/m1/s1. The normalized spacial score (nSPS) is 14.0. The molecule has 3 heterocycles. The van der Waals surface area contributed by atoms with E-state index in [9.17, 15) is 32.3 Å². The number of carbonyl (C=O) groups is 1. The van der Waals surface area contributed by atoms with Crippen molar-refractivity contribution in [3.8, 4) is 0 Å². The van der Waals surface area contributed by atoms with Gasteiger partial charge in [0.25, 0.3) is 5.56 Å². The third-order valence-corrected chi connectivity index (χ3v) is 6.32. The number of nitrogens with zero attached hydrogens (tertiary/aromatic N) is 3. The van der Waals surface area contributed by atoms with Crippen molar-refractivity contribution in [2.24, 2.45) is 0 Å². The highest BCUT2D eigenvalue weighted by Crippen LogP contribution is 2.34. The number of alkyl halides is 3. The minimum absolute atomic E-state index is 0.00505. The SMILES string of the molecule is C[C@@H](Nc1ccc(F)cc1C(=O)O)c1cc(C(F)(F)F)cn2c(=O)cc(N3Cc4ccccc4C3)nc12. The summed E-state index contributed by atoms with van der Waals surface area (Å²) in [5.41, 5.74) is -0.00449. The summed E-state index contributed by atoms with van der Waals surface area (Å²) in [4.78, 5) is 31.0. The van der Waals surface area contributed by atoms with Gasteiger partial charge in [0.2, 0.25) is 0 Å². The number of fused-ring (bicyclic) bond motifs is 2. The third kappa shape index (κ3) is 4.59. The number of anilines is 2. The lowest BCUT2D eigenvalue weighted by molar-refractivity contribution is -0.137. The van der Waals surface area contributed by atoms with Crippen LogP contribution in [0.5, 0.6) is 0 Å². The van der Waals surface area contributed by atoms with Crippen molar-refractivity contribution in [2.75, 3.05) is 10.2 Å². The number of hydrogen-bond donors (Lipinski definition) is 2. The van der Waals surface area contributed by atoms with Crippen LogP contribution in [0.15, 0.2) is 65.6 Å². The van der Waals surface area contributed by atoms with Crippen LogP contribution >= 0.6 is 0 Å². The summed E-state index contributed by atoms with van der Waals surface area (Å²) in [6, 6.07) is 11.9. The maximum absolute atomic E-state index is 13.7. The number of rotatable bonds is 5. The third-order valence-electron chi connectivity index (χ3n) is 6.32. The van der Waals surface area contributed by atoms with Crippen LogP contribution in [0.4, 0.5) is 29.1 Å². The van der Waals surface area contributed by atoms with E-state index in [1.54, 1.807) is 0 Å². The molecule has 5 rings (SSSR count). The molecular weight excluding hydrogens is 492 g/mol. The molecule has 0 unspecified atom stereocenters. The van der Waals surface area contributed by atoms with Gasteiger partial charge in [-0.25, -0.2) is 14.2 Å². The molecule has 0 spiro atoms. The van der Waals surface area contributed by atoms with E-state index >= 15 is 0 Å². The van der Waals surface area contributed by atoms with Gasteiger partial charge in [-0.2, -0.15) is 13.2 Å². The molecule has 2 aromatic carbocycles. The second kappa shape index (κ2) is 8.91. The lowest BCUT2D eigenvalue weighted by Gasteiger charge is -2.22. The lowest BCUT2D eigenvalue weighted by Crippen LogP contribution is -2.24. The van der Waals surface area contributed by atoms with Gasteiger partial charge in [0.1, 0.15) is 17.3 Å². The van der Waals surface area contributed by atoms with Crippen molar-refractivity contribution in [1.82, 2.24) is 9.38 Å². The number of carboxylic acids is 1. The molecule has 4 aromatic rings. The smallest absolute Gasteiger partial charge is 0.417 e. The first-order valence-electron chi connectivity index (χ1n) is 11.3. The molecule has 37 heavy (non-hydrogen) atoms. The van der Waals surface area contributed by atoms with Crippen LogP contribution in [0, 0.1) is 5.82 Å². The molecule has 0 saturated carbocycles. The maximum atomic E-state index is 13.7. The zero-order valence-electron chi connectivity index (χ0n) is 19.4. The predicted octanol–water partition coefficient (Wildman–Crippen LogP) is 5.24. The predicted molar refractivity (Wildman–Crippen MR) is 128 cm³/mol. The number of nitrogens with one attached hydrogen (secondary N) is 1. The fourth-order valence-corrected chi connectivity index (χ4v) is 4.48. The van der Waals surface area contributed by atoms with E-state index in [4.69, 9.17) is 0 Å². The number of pyridine rings is 1. The number of aromatic nitrogens is 2. The molecule has 1 aliphatic rings. The van der Waals surface area contributed by atoms with Crippen LogP contribution in [0.3, 0.4) is 0 Å². The van der Waals surface area contributed by atoms with Crippen LogP contribution in [-0.2, 0) is 19.3 Å². The second-order valence-corrected chi connectivity index (χ2v) is 8.81. The monoisotopic (exact) mass is 512 g/mol. The zero-order valence-corrected chi connectivity index (χ0v) is 19.4. The van der Waals surface area contributed by atoms with Crippen molar-refractivity contribution in [3.63, 3.8) is 0 Å². The van der Waals surface area contributed by atoms with Gasteiger partial charge in [-0.3, -0.25) is 9.20 Å². The summed E-state index contributed by atoms with van der Waals surface area (Å²) >= 11 is 0. The quantitative estimate of drug-likeness (QED) is 0.356. The fourth-order valence-electron chi connectivity index (χ4n) is 4.48. The summed E-state index contributed by atoms with van der Waals surface area (Å²) in [7, 11) is 0. The number of carboxylic acid groups (broad SMARTS) is 1. The Morgan fingerprint density at radius 3 is 2.38 bits per heavy atom. The second-order valence-electron chi connectivity index (χ2n) is 8.81. The first-order chi connectivity index (χ1) is 17.5. The average Bonchev–Trinajstić information content (AvgIpc) is 3.28. The minimum Gasteiger partial charge on any atom is -0.478 e. The molecule has 0 radical (unpaired) electrons. The molecule has 11 heteroatoms. The molecule has 190 valence electrons. The van der Waals surface area contributed by atoms with Crippen LogP contribution in [0.2, 0.25) is 0 Å². The number of aromatic carboxylic acids is 1. The molecule has 0 amide bonds. The van der Waals surface area contributed by atoms with E-state index in [2.05, 4.69) is 10.3 Å². The zero-order chi connectivity index (χ0) is 26.5. The van der Waals surface area contributed by atoms with Gasteiger partial charge in [-0.15, -0.1) is 0 Å². The molecule has 0 saturated heterocycles. The number of hydrogen-bond acceptors (Lipinski definition) is 5. The Morgan fingerprint density at radius 1 is 1.08 bits per heavy atom. The lowest BCUT2D eigenvalue weighted by atomic mass is 10.1. The average molecular weight is 512 g/mol. The topological polar surface area (TPSA) is 86.9 Å². The fraction of sp³-hybridized carbons (Fsp3) is 0.192. The van der Waals surface area contributed by atoms with Gasteiger partial charge in [-0.05, 0) is 42.3 Å². The van der Waals surface area contributed by atoms with E-state index in [0.717, 1.165) is 33.7 Å². The first-order valence-corrected chi connectivity index (χ1v) is 11.3. The first kappa shape index (κ1) is 24.3. The summed E-state index contributed by atoms with van der Waals surface area (Å²) in [5, 5.41) is 12.3. The highest BCUT2D eigenvalue weighted by Gasteiger charge is 2.33. The molecule has 7 nitrogen and oxygen atoms in total. The van der Waals surface area contributed by atoms with Crippen molar-refractivity contribution in [3.05, 3.63) is 105 Å². The Hall–Kier alpha value is -4.41. The minimum atomic E-state index is -4.75. The van der Waals surface area contributed by atoms with Gasteiger partial charge in [-0.1, -0.05) is 24.3 Å². The highest BCUT2D eigenvalue weighted by atomic mass is 19.4. The molecule has 0 fully saturated rings. The number of halogens is 4. The van der Waals surface area contributed by atoms with Crippen LogP contribution in [0.25, 0.3) is 5.65 Å². The van der Waals surface area contributed by atoms with Crippen molar-refractivity contribution >= 4 is 23.1 Å². The Balaban J connectivity index is 1.63. The van der Waals surface area contributed by atoms with E-state index in [0.29, 0.717) is 25.1 Å². The van der Waals surface area contributed by atoms with Crippen molar-refractivity contribution in [2.45, 2.75) is 32.2 Å². The van der Waals surface area contributed by atoms with E-state index < -0.39 is 35.1 Å². The van der Waals surface area contributed by atoms with E-state index in [-0.39, 0.29) is 22.5 Å². The van der Waals surface area contributed by atoms with E-state index in [1.807, 2.05) is 29.2 Å². The largest absolute Gasteiger partial charge is 0.478 e. The van der Waals surface area contributed by atoms with Gasteiger partial charge in [0, 0.05) is 36.6 Å². The summed E-state index contributed by atoms with van der Waals surface area (Å²) in [6.07, 6.45) is -4.05. The van der Waals surface area contributed by atoms with Crippen molar-refractivity contribution in [1.29, 1.82) is 0 Å². The van der Waals surface area contributed by atoms with E-state index in [1.165, 1.54) is 19.1 Å². The van der Waals surface area contributed by atoms with Gasteiger partial charge >= 0.3 is 12.1 Å². The van der Waals surface area contributed by atoms with Crippen LogP contribution in [0.1, 0.15) is 45.6 Å². The molecule has 1 aliphatic heterocycles. The Labute approximate surface area is 207 Å². The summed E-state index contributed by atoms with van der Waals surface area (Å²) < 4.78 is 55.6. The van der Waals surface area contributed by atoms with Gasteiger partial charge in [0.05, 0.1) is 17.2 Å². The Bertz CT molecular complexity index is 1570. The molecule has 0 bridgehead atoms. The molecule has 2 aromatic heterocycles. The molecular formula is C26H20F4N4O3. The maximum Gasteiger partial charge on any atom is 0.417 e. The van der Waals surface area contributed by atoms with Crippen LogP contribution in [-0.4, -0.2) is 20.5 Å².